The van der Waals surface area contributed by atoms with Crippen molar-refractivity contribution in [2.45, 2.75) is 31.1 Å². The lowest BCUT2D eigenvalue weighted by molar-refractivity contribution is -0.118. The molecule has 0 unspecified atom stereocenters. The quantitative estimate of drug-likeness (QED) is 0.669. The summed E-state index contributed by atoms with van der Waals surface area (Å²) in [5, 5.41) is 5.40. The molecule has 2 aromatic carbocycles. The third kappa shape index (κ3) is 5.58. The first-order valence-electron chi connectivity index (χ1n) is 9.81. The van der Waals surface area contributed by atoms with Gasteiger partial charge in [-0.1, -0.05) is 13.0 Å². The van der Waals surface area contributed by atoms with Crippen LogP contribution in [0.1, 0.15) is 26.2 Å². The number of carbonyl (C=O) groups is 2. The van der Waals surface area contributed by atoms with E-state index in [9.17, 15) is 18.0 Å². The summed E-state index contributed by atoms with van der Waals surface area (Å²) in [6.07, 6.45) is 2.12. The number of benzene rings is 2. The fourth-order valence-electron chi connectivity index (χ4n) is 3.05. The van der Waals surface area contributed by atoms with Gasteiger partial charge in [0, 0.05) is 37.0 Å². The van der Waals surface area contributed by atoms with Crippen LogP contribution >= 0.6 is 0 Å². The van der Waals surface area contributed by atoms with Gasteiger partial charge in [0.2, 0.25) is 15.9 Å². The van der Waals surface area contributed by atoms with Gasteiger partial charge in [0.15, 0.2) is 6.61 Å². The number of anilines is 2. The Morgan fingerprint density at radius 3 is 2.30 bits per heavy atom. The highest BCUT2D eigenvalue weighted by molar-refractivity contribution is 7.89. The first-order chi connectivity index (χ1) is 14.4. The Labute approximate surface area is 176 Å². The van der Waals surface area contributed by atoms with Crippen molar-refractivity contribution >= 4 is 33.2 Å². The van der Waals surface area contributed by atoms with Crippen molar-refractivity contribution in [3.63, 3.8) is 0 Å². The summed E-state index contributed by atoms with van der Waals surface area (Å²) in [4.78, 5) is 23.8. The minimum Gasteiger partial charge on any atom is -0.484 e. The third-order valence-corrected chi connectivity index (χ3v) is 6.56. The van der Waals surface area contributed by atoms with Crippen molar-refractivity contribution in [1.82, 2.24) is 4.31 Å². The van der Waals surface area contributed by atoms with E-state index in [0.717, 1.165) is 12.8 Å². The molecule has 0 saturated carbocycles. The van der Waals surface area contributed by atoms with Gasteiger partial charge in [-0.3, -0.25) is 9.59 Å². The second-order valence-electron chi connectivity index (χ2n) is 6.90. The summed E-state index contributed by atoms with van der Waals surface area (Å²) in [5.74, 6) is -0.0423. The fraction of sp³-hybridized carbons (Fsp3) is 0.333. The predicted octanol–water partition coefficient (Wildman–Crippen LogP) is 2.84. The summed E-state index contributed by atoms with van der Waals surface area (Å²) in [6.45, 7) is 2.62. The molecule has 0 aromatic heterocycles. The van der Waals surface area contributed by atoms with Crippen LogP contribution in [-0.4, -0.2) is 44.2 Å². The fourth-order valence-corrected chi connectivity index (χ4v) is 4.56. The van der Waals surface area contributed by atoms with E-state index in [4.69, 9.17) is 4.74 Å². The normalized spacial score (nSPS) is 14.3. The number of nitrogens with zero attached hydrogens (tertiary/aromatic N) is 1. The monoisotopic (exact) mass is 431 g/mol. The van der Waals surface area contributed by atoms with Crippen LogP contribution in [0.4, 0.5) is 11.4 Å². The molecule has 9 heteroatoms. The average molecular weight is 432 g/mol. The molecule has 3 rings (SSSR count). The van der Waals surface area contributed by atoms with Crippen LogP contribution in [0.2, 0.25) is 0 Å². The van der Waals surface area contributed by atoms with Crippen LogP contribution in [0.15, 0.2) is 53.4 Å². The number of amides is 2. The lowest BCUT2D eigenvalue weighted by Crippen LogP contribution is -2.27. The van der Waals surface area contributed by atoms with Crippen LogP contribution < -0.4 is 15.4 Å². The van der Waals surface area contributed by atoms with Gasteiger partial charge in [0.1, 0.15) is 5.75 Å². The Hall–Kier alpha value is -2.91. The molecule has 0 aliphatic carbocycles. The molecule has 1 aliphatic rings. The highest BCUT2D eigenvalue weighted by atomic mass is 32.2. The lowest BCUT2D eigenvalue weighted by Gasteiger charge is -2.15. The molecule has 1 saturated heterocycles. The number of carbonyl (C=O) groups excluding carboxylic acids is 2. The van der Waals surface area contributed by atoms with Crippen molar-refractivity contribution in [3.8, 4) is 5.75 Å². The minimum atomic E-state index is -3.48. The van der Waals surface area contributed by atoms with Crippen LogP contribution in [-0.2, 0) is 19.6 Å². The molecule has 2 N–H and O–H groups in total. The van der Waals surface area contributed by atoms with Gasteiger partial charge in [-0.15, -0.1) is 0 Å². The first kappa shape index (κ1) is 21.8. The zero-order chi connectivity index (χ0) is 21.6. The lowest BCUT2D eigenvalue weighted by atomic mass is 10.3. The molecule has 1 aliphatic heterocycles. The van der Waals surface area contributed by atoms with Gasteiger partial charge in [0.25, 0.3) is 5.91 Å². The van der Waals surface area contributed by atoms with Crippen molar-refractivity contribution < 1.29 is 22.7 Å². The molecule has 30 heavy (non-hydrogen) atoms. The molecule has 2 amide bonds. The summed E-state index contributed by atoms with van der Waals surface area (Å²) in [6, 6.07) is 12.9. The largest absolute Gasteiger partial charge is 0.484 e. The van der Waals surface area contributed by atoms with Crippen LogP contribution in [0.25, 0.3) is 0 Å². The second kappa shape index (κ2) is 9.73. The van der Waals surface area contributed by atoms with E-state index in [1.165, 1.54) is 16.4 Å². The van der Waals surface area contributed by atoms with Crippen molar-refractivity contribution in [3.05, 3.63) is 48.5 Å². The summed E-state index contributed by atoms with van der Waals surface area (Å²) < 4.78 is 32.0. The molecule has 2 aromatic rings. The maximum Gasteiger partial charge on any atom is 0.262 e. The number of ether oxygens (including phenoxy) is 1. The van der Waals surface area contributed by atoms with E-state index in [0.29, 0.717) is 36.6 Å². The second-order valence-corrected chi connectivity index (χ2v) is 8.84. The Morgan fingerprint density at radius 2 is 1.63 bits per heavy atom. The molecule has 0 atom stereocenters. The zero-order valence-electron chi connectivity index (χ0n) is 16.8. The van der Waals surface area contributed by atoms with Gasteiger partial charge in [0.05, 0.1) is 4.90 Å². The van der Waals surface area contributed by atoms with Gasteiger partial charge in [-0.25, -0.2) is 8.42 Å². The number of nitrogens with one attached hydrogen (secondary N) is 2. The van der Waals surface area contributed by atoms with Crippen molar-refractivity contribution in [2.24, 2.45) is 0 Å². The maximum absolute atomic E-state index is 12.5. The maximum atomic E-state index is 12.5. The molecule has 160 valence electrons. The average Bonchev–Trinajstić information content (AvgIpc) is 3.29. The Morgan fingerprint density at radius 1 is 0.967 bits per heavy atom. The molecule has 1 fully saturated rings. The summed E-state index contributed by atoms with van der Waals surface area (Å²) >= 11 is 0. The highest BCUT2D eigenvalue weighted by Gasteiger charge is 2.26. The van der Waals surface area contributed by atoms with Crippen LogP contribution in [0, 0.1) is 0 Å². The molecule has 1 heterocycles. The smallest absolute Gasteiger partial charge is 0.262 e. The van der Waals surface area contributed by atoms with Gasteiger partial charge < -0.3 is 15.4 Å². The van der Waals surface area contributed by atoms with E-state index in [-0.39, 0.29) is 23.3 Å². The van der Waals surface area contributed by atoms with Gasteiger partial charge in [-0.2, -0.15) is 4.31 Å². The number of hydrogen-bond acceptors (Lipinski definition) is 5. The van der Waals surface area contributed by atoms with Gasteiger partial charge in [-0.05, 0) is 49.2 Å². The van der Waals surface area contributed by atoms with Crippen LogP contribution in [0.5, 0.6) is 5.75 Å². The number of hydrogen-bond donors (Lipinski definition) is 2. The predicted molar refractivity (Wildman–Crippen MR) is 114 cm³/mol. The molecule has 8 nitrogen and oxygen atoms in total. The molecular weight excluding hydrogens is 406 g/mol. The van der Waals surface area contributed by atoms with E-state index < -0.39 is 10.0 Å². The number of rotatable bonds is 8. The van der Waals surface area contributed by atoms with Gasteiger partial charge >= 0.3 is 0 Å². The van der Waals surface area contributed by atoms with E-state index in [1.54, 1.807) is 43.3 Å². The van der Waals surface area contributed by atoms with Crippen molar-refractivity contribution in [1.29, 1.82) is 0 Å². The standard InChI is InChI=1S/C21H25N3O5S/c1-2-20(25)23-17-6-5-7-18(14-17)29-15-21(26)22-16-8-10-19(11-9-16)30(27,28)24-12-3-4-13-24/h5-11,14H,2-4,12-13,15H2,1H3,(H,22,26)(H,23,25). The third-order valence-electron chi connectivity index (χ3n) is 4.65. The molecule has 0 radical (unpaired) electrons. The SMILES string of the molecule is CCC(=O)Nc1cccc(OCC(=O)Nc2ccc(S(=O)(=O)N3CCCC3)cc2)c1. The molecule has 0 bridgehead atoms. The van der Waals surface area contributed by atoms with E-state index >= 15 is 0 Å². The van der Waals surface area contributed by atoms with Crippen molar-refractivity contribution in [2.75, 3.05) is 30.3 Å². The molecule has 0 spiro atoms. The minimum absolute atomic E-state index is 0.111. The Balaban J connectivity index is 1.54. The number of sulfonamides is 1. The first-order valence-corrected chi connectivity index (χ1v) is 11.3. The van der Waals surface area contributed by atoms with Crippen LogP contribution in [0.3, 0.4) is 0 Å². The topological polar surface area (TPSA) is 105 Å². The zero-order valence-corrected chi connectivity index (χ0v) is 17.6. The molecular formula is C21H25N3O5S. The Bertz CT molecular complexity index is 1000. The summed E-state index contributed by atoms with van der Waals surface area (Å²) in [7, 11) is -3.48. The Kier molecular flexibility index (Phi) is 7.07. The highest BCUT2D eigenvalue weighted by Crippen LogP contribution is 2.22. The van der Waals surface area contributed by atoms with E-state index in [1.807, 2.05) is 0 Å². The summed E-state index contributed by atoms with van der Waals surface area (Å²) in [5.41, 5.74) is 1.07. The van der Waals surface area contributed by atoms with E-state index in [2.05, 4.69) is 10.6 Å².